The van der Waals surface area contributed by atoms with Gasteiger partial charge in [-0.2, -0.15) is 0 Å². The summed E-state index contributed by atoms with van der Waals surface area (Å²) in [5, 5.41) is 5.29. The zero-order valence-electron chi connectivity index (χ0n) is 13.7. The summed E-state index contributed by atoms with van der Waals surface area (Å²) in [5.74, 6) is 0.0725. The average molecular weight is 365 g/mol. The molecule has 2 aromatic rings. The number of hydrogen-bond donors (Lipinski definition) is 1. The Hall–Kier alpha value is -2.03. The standard InChI is InChI=1S/C17H20FN3O3S/c18-13-1-3-14(4-2-13)24-11-16-20-15(12-25-16)17(22)19-5-6-21-7-9-23-10-8-21/h1-4,12H,5-11H2,(H,19,22). The average Bonchev–Trinajstić information content (AvgIpc) is 3.11. The van der Waals surface area contributed by atoms with Gasteiger partial charge in [-0.25, -0.2) is 9.37 Å². The molecule has 1 N–H and O–H groups in total. The molecule has 0 spiro atoms. The molecule has 1 aliphatic rings. The second-order valence-electron chi connectivity index (χ2n) is 5.58. The summed E-state index contributed by atoms with van der Waals surface area (Å²) in [4.78, 5) is 18.7. The second-order valence-corrected chi connectivity index (χ2v) is 6.52. The third-order valence-electron chi connectivity index (χ3n) is 3.78. The molecule has 1 aromatic heterocycles. The number of halogens is 1. The molecule has 134 valence electrons. The molecule has 1 fully saturated rings. The van der Waals surface area contributed by atoms with Crippen LogP contribution in [0.1, 0.15) is 15.5 Å². The fraction of sp³-hybridized carbons (Fsp3) is 0.412. The van der Waals surface area contributed by atoms with Gasteiger partial charge in [-0.15, -0.1) is 11.3 Å². The van der Waals surface area contributed by atoms with Gasteiger partial charge >= 0.3 is 0 Å². The first-order chi connectivity index (χ1) is 12.2. The Balaban J connectivity index is 1.42. The molecule has 25 heavy (non-hydrogen) atoms. The maximum atomic E-state index is 12.8. The van der Waals surface area contributed by atoms with Crippen LogP contribution < -0.4 is 10.1 Å². The number of nitrogens with one attached hydrogen (secondary N) is 1. The van der Waals surface area contributed by atoms with Crippen molar-refractivity contribution in [1.82, 2.24) is 15.2 Å². The molecule has 1 saturated heterocycles. The SMILES string of the molecule is O=C(NCCN1CCOCC1)c1csc(COc2ccc(F)cc2)n1. The fourth-order valence-corrected chi connectivity index (χ4v) is 3.09. The number of benzene rings is 1. The lowest BCUT2D eigenvalue weighted by Gasteiger charge is -2.26. The molecule has 6 nitrogen and oxygen atoms in total. The van der Waals surface area contributed by atoms with E-state index in [0.29, 0.717) is 23.0 Å². The van der Waals surface area contributed by atoms with E-state index in [0.717, 1.165) is 32.8 Å². The van der Waals surface area contributed by atoms with E-state index in [1.807, 2.05) is 0 Å². The number of thiazole rings is 1. The van der Waals surface area contributed by atoms with Crippen molar-refractivity contribution in [2.24, 2.45) is 0 Å². The number of rotatable bonds is 7. The van der Waals surface area contributed by atoms with Gasteiger partial charge < -0.3 is 14.8 Å². The lowest BCUT2D eigenvalue weighted by molar-refractivity contribution is 0.0383. The predicted molar refractivity (Wildman–Crippen MR) is 92.4 cm³/mol. The molecule has 1 amide bonds. The van der Waals surface area contributed by atoms with Crippen LogP contribution in [0.25, 0.3) is 0 Å². The van der Waals surface area contributed by atoms with Gasteiger partial charge in [0.05, 0.1) is 13.2 Å². The molecule has 0 atom stereocenters. The first-order valence-electron chi connectivity index (χ1n) is 8.12. The van der Waals surface area contributed by atoms with Gasteiger partial charge in [-0.05, 0) is 24.3 Å². The van der Waals surface area contributed by atoms with Crippen molar-refractivity contribution in [2.45, 2.75) is 6.61 Å². The molecule has 1 aliphatic heterocycles. The summed E-state index contributed by atoms with van der Waals surface area (Å²) in [7, 11) is 0. The zero-order chi connectivity index (χ0) is 17.5. The van der Waals surface area contributed by atoms with Gasteiger partial charge in [0.1, 0.15) is 28.9 Å². The molecular weight excluding hydrogens is 345 g/mol. The molecule has 3 rings (SSSR count). The van der Waals surface area contributed by atoms with E-state index >= 15 is 0 Å². The van der Waals surface area contributed by atoms with Gasteiger partial charge in [0.25, 0.3) is 5.91 Å². The number of aromatic nitrogens is 1. The monoisotopic (exact) mass is 365 g/mol. The molecule has 1 aromatic carbocycles. The van der Waals surface area contributed by atoms with Crippen LogP contribution in [-0.4, -0.2) is 55.2 Å². The van der Waals surface area contributed by atoms with Crippen LogP contribution in [0.3, 0.4) is 0 Å². The summed E-state index contributed by atoms with van der Waals surface area (Å²) >= 11 is 1.36. The molecule has 8 heteroatoms. The molecule has 0 bridgehead atoms. The van der Waals surface area contributed by atoms with Crippen LogP contribution in [0.2, 0.25) is 0 Å². The van der Waals surface area contributed by atoms with Gasteiger partial charge in [-0.1, -0.05) is 0 Å². The highest BCUT2D eigenvalue weighted by molar-refractivity contribution is 7.09. The number of carbonyl (C=O) groups is 1. The minimum atomic E-state index is -0.308. The Morgan fingerprint density at radius 1 is 1.32 bits per heavy atom. The van der Waals surface area contributed by atoms with Crippen molar-refractivity contribution in [1.29, 1.82) is 0 Å². The topological polar surface area (TPSA) is 63.7 Å². The summed E-state index contributed by atoms with van der Waals surface area (Å²) in [5.41, 5.74) is 0.393. The molecule has 0 saturated carbocycles. The number of nitrogens with zero attached hydrogens (tertiary/aromatic N) is 2. The number of hydrogen-bond acceptors (Lipinski definition) is 6. The molecule has 0 radical (unpaired) electrons. The van der Waals surface area contributed by atoms with Crippen molar-refractivity contribution in [3.63, 3.8) is 0 Å². The van der Waals surface area contributed by atoms with Crippen molar-refractivity contribution in [3.8, 4) is 5.75 Å². The van der Waals surface area contributed by atoms with Crippen molar-refractivity contribution >= 4 is 17.2 Å². The zero-order valence-corrected chi connectivity index (χ0v) is 14.6. The largest absolute Gasteiger partial charge is 0.486 e. The fourth-order valence-electron chi connectivity index (χ4n) is 2.40. The van der Waals surface area contributed by atoms with Gasteiger partial charge in [0.15, 0.2) is 0 Å². The lowest BCUT2D eigenvalue weighted by atomic mass is 10.3. The number of morpholine rings is 1. The van der Waals surface area contributed by atoms with Gasteiger partial charge in [0.2, 0.25) is 0 Å². The summed E-state index contributed by atoms with van der Waals surface area (Å²) in [6.45, 7) is 4.93. The van der Waals surface area contributed by atoms with E-state index in [9.17, 15) is 9.18 Å². The van der Waals surface area contributed by atoms with E-state index in [4.69, 9.17) is 9.47 Å². The molecule has 0 unspecified atom stereocenters. The Morgan fingerprint density at radius 3 is 2.84 bits per heavy atom. The highest BCUT2D eigenvalue weighted by Crippen LogP contribution is 2.16. The lowest BCUT2D eigenvalue weighted by Crippen LogP contribution is -2.41. The quantitative estimate of drug-likeness (QED) is 0.812. The van der Waals surface area contributed by atoms with E-state index in [2.05, 4.69) is 15.2 Å². The third kappa shape index (κ3) is 5.48. The van der Waals surface area contributed by atoms with Crippen molar-refractivity contribution in [2.75, 3.05) is 39.4 Å². The minimum Gasteiger partial charge on any atom is -0.486 e. The van der Waals surface area contributed by atoms with Crippen LogP contribution in [0.15, 0.2) is 29.6 Å². The summed E-state index contributed by atoms with van der Waals surface area (Å²) in [6, 6.07) is 5.79. The first kappa shape index (κ1) is 17.8. The van der Waals surface area contributed by atoms with Gasteiger partial charge in [0, 0.05) is 31.6 Å². The van der Waals surface area contributed by atoms with Crippen LogP contribution in [0.5, 0.6) is 5.75 Å². The Labute approximate surface area is 149 Å². The van der Waals surface area contributed by atoms with E-state index < -0.39 is 0 Å². The van der Waals surface area contributed by atoms with E-state index in [1.165, 1.54) is 23.5 Å². The smallest absolute Gasteiger partial charge is 0.270 e. The summed E-state index contributed by atoms with van der Waals surface area (Å²) < 4.78 is 23.7. The number of amides is 1. The highest BCUT2D eigenvalue weighted by atomic mass is 32.1. The maximum absolute atomic E-state index is 12.8. The Morgan fingerprint density at radius 2 is 2.08 bits per heavy atom. The number of carbonyl (C=O) groups excluding carboxylic acids is 1. The van der Waals surface area contributed by atoms with Crippen LogP contribution in [0, 0.1) is 5.82 Å². The van der Waals surface area contributed by atoms with E-state index in [1.54, 1.807) is 17.5 Å². The maximum Gasteiger partial charge on any atom is 0.270 e. The van der Waals surface area contributed by atoms with Crippen LogP contribution >= 0.6 is 11.3 Å². The Bertz CT molecular complexity index is 687. The third-order valence-corrected chi connectivity index (χ3v) is 4.60. The van der Waals surface area contributed by atoms with Crippen molar-refractivity contribution < 1.29 is 18.7 Å². The first-order valence-corrected chi connectivity index (χ1v) is 9.00. The Kier molecular flexibility index (Phi) is 6.32. The second kappa shape index (κ2) is 8.89. The predicted octanol–water partition coefficient (Wildman–Crippen LogP) is 1.92. The van der Waals surface area contributed by atoms with E-state index in [-0.39, 0.29) is 18.3 Å². The molecule has 0 aliphatic carbocycles. The van der Waals surface area contributed by atoms with Crippen LogP contribution in [0.4, 0.5) is 4.39 Å². The number of ether oxygens (including phenoxy) is 2. The normalized spacial score (nSPS) is 15.1. The molecule has 2 heterocycles. The van der Waals surface area contributed by atoms with Gasteiger partial charge in [-0.3, -0.25) is 9.69 Å². The highest BCUT2D eigenvalue weighted by Gasteiger charge is 2.13. The summed E-state index contributed by atoms with van der Waals surface area (Å²) in [6.07, 6.45) is 0. The van der Waals surface area contributed by atoms with Crippen molar-refractivity contribution in [3.05, 3.63) is 46.2 Å². The van der Waals surface area contributed by atoms with Crippen LogP contribution in [-0.2, 0) is 11.3 Å². The molecular formula is C17H20FN3O3S. The minimum absolute atomic E-state index is 0.183.